The van der Waals surface area contributed by atoms with Gasteiger partial charge in [-0.25, -0.2) is 0 Å². The summed E-state index contributed by atoms with van der Waals surface area (Å²) in [5.41, 5.74) is -3.00. The van der Waals surface area contributed by atoms with Crippen LogP contribution in [0.1, 0.15) is 12.5 Å². The standard InChI is InChI=1S/C10H9F3N2O6/c1-2-20-7(16)4-5-3-6(21-10(11,12)13)14-9(17)8(5)15(18)19/h3H,2,4H2,1H3,(H,14,17). The smallest absolute Gasteiger partial charge is 0.466 e. The maximum atomic E-state index is 12.1. The molecule has 0 atom stereocenters. The van der Waals surface area contributed by atoms with Crippen LogP contribution in [0.5, 0.6) is 5.88 Å². The summed E-state index contributed by atoms with van der Waals surface area (Å²) in [7, 11) is 0. The summed E-state index contributed by atoms with van der Waals surface area (Å²) in [6.45, 7) is 1.45. The number of pyridine rings is 1. The summed E-state index contributed by atoms with van der Waals surface area (Å²) in [4.78, 5) is 33.9. The fourth-order valence-electron chi connectivity index (χ4n) is 1.46. The zero-order chi connectivity index (χ0) is 16.2. The third-order valence-corrected chi connectivity index (χ3v) is 2.11. The maximum Gasteiger partial charge on any atom is 0.574 e. The molecule has 0 aliphatic rings. The van der Waals surface area contributed by atoms with E-state index in [2.05, 4.69) is 9.47 Å². The molecule has 1 aromatic rings. The number of nitrogens with zero attached hydrogens (tertiary/aromatic N) is 1. The molecule has 0 unspecified atom stereocenters. The van der Waals surface area contributed by atoms with Gasteiger partial charge in [0.2, 0.25) is 5.88 Å². The van der Waals surface area contributed by atoms with E-state index in [1.54, 1.807) is 4.98 Å². The Morgan fingerprint density at radius 2 is 2.10 bits per heavy atom. The average molecular weight is 310 g/mol. The van der Waals surface area contributed by atoms with Gasteiger partial charge in [-0.15, -0.1) is 13.2 Å². The number of aromatic amines is 1. The van der Waals surface area contributed by atoms with Gasteiger partial charge in [-0.2, -0.15) is 0 Å². The number of aromatic nitrogens is 1. The first-order chi connectivity index (χ1) is 9.64. The summed E-state index contributed by atoms with van der Waals surface area (Å²) in [5, 5.41) is 10.7. The van der Waals surface area contributed by atoms with E-state index in [0.29, 0.717) is 6.07 Å². The lowest BCUT2D eigenvalue weighted by Crippen LogP contribution is -2.23. The first-order valence-corrected chi connectivity index (χ1v) is 5.46. The van der Waals surface area contributed by atoms with Crippen LogP contribution in [-0.2, 0) is 16.0 Å². The molecule has 1 heterocycles. The second kappa shape index (κ2) is 6.24. The van der Waals surface area contributed by atoms with Crippen LogP contribution in [0.3, 0.4) is 0 Å². The van der Waals surface area contributed by atoms with Gasteiger partial charge >= 0.3 is 23.6 Å². The average Bonchev–Trinajstić information content (AvgIpc) is 2.24. The zero-order valence-electron chi connectivity index (χ0n) is 10.5. The molecule has 21 heavy (non-hydrogen) atoms. The predicted molar refractivity (Wildman–Crippen MR) is 60.7 cm³/mol. The molecule has 0 aromatic carbocycles. The van der Waals surface area contributed by atoms with E-state index in [4.69, 9.17) is 0 Å². The molecule has 8 nitrogen and oxygen atoms in total. The molecule has 1 rings (SSSR count). The van der Waals surface area contributed by atoms with Crippen LogP contribution >= 0.6 is 0 Å². The number of ether oxygens (including phenoxy) is 2. The van der Waals surface area contributed by atoms with Gasteiger partial charge in [0.1, 0.15) is 0 Å². The van der Waals surface area contributed by atoms with Crippen LogP contribution in [0.2, 0.25) is 0 Å². The van der Waals surface area contributed by atoms with Crippen LogP contribution in [0, 0.1) is 10.1 Å². The van der Waals surface area contributed by atoms with E-state index in [0.717, 1.165) is 0 Å². The van der Waals surface area contributed by atoms with Crippen LogP contribution in [0.25, 0.3) is 0 Å². The van der Waals surface area contributed by atoms with Crippen molar-refractivity contribution in [2.24, 2.45) is 0 Å². The van der Waals surface area contributed by atoms with Gasteiger partial charge in [-0.3, -0.25) is 24.7 Å². The number of carbonyl (C=O) groups excluding carboxylic acids is 1. The minimum Gasteiger partial charge on any atom is -0.466 e. The SMILES string of the molecule is CCOC(=O)Cc1cc(OC(F)(F)F)[nH]c(=O)c1[N+](=O)[O-]. The number of nitro groups is 1. The van der Waals surface area contributed by atoms with Gasteiger partial charge in [0, 0.05) is 6.07 Å². The Kier molecular flexibility index (Phi) is 4.89. The number of hydrogen-bond donors (Lipinski definition) is 1. The van der Waals surface area contributed by atoms with Gasteiger partial charge in [-0.05, 0) is 6.92 Å². The molecule has 1 N–H and O–H groups in total. The molecule has 0 aliphatic heterocycles. The van der Waals surface area contributed by atoms with Crippen molar-refractivity contribution in [1.82, 2.24) is 4.98 Å². The minimum absolute atomic E-state index is 0.0261. The quantitative estimate of drug-likeness (QED) is 0.498. The fourth-order valence-corrected chi connectivity index (χ4v) is 1.46. The van der Waals surface area contributed by atoms with E-state index in [-0.39, 0.29) is 6.61 Å². The number of rotatable bonds is 5. The third-order valence-electron chi connectivity index (χ3n) is 2.11. The Hall–Kier alpha value is -2.59. The topological polar surface area (TPSA) is 112 Å². The molecule has 0 bridgehead atoms. The van der Waals surface area contributed by atoms with Crippen molar-refractivity contribution in [3.8, 4) is 5.88 Å². The van der Waals surface area contributed by atoms with Gasteiger partial charge in [0.05, 0.1) is 23.5 Å². The molecule has 116 valence electrons. The maximum absolute atomic E-state index is 12.1. The molecule has 11 heteroatoms. The number of esters is 1. The summed E-state index contributed by atoms with van der Waals surface area (Å²) in [6.07, 6.45) is -5.83. The van der Waals surface area contributed by atoms with Gasteiger partial charge in [0.15, 0.2) is 0 Å². The Balaban J connectivity index is 3.26. The molecule has 0 saturated heterocycles. The Bertz CT molecular complexity index is 610. The van der Waals surface area contributed by atoms with E-state index >= 15 is 0 Å². The summed E-state index contributed by atoms with van der Waals surface area (Å²) in [5.74, 6) is -1.98. The largest absolute Gasteiger partial charge is 0.574 e. The highest BCUT2D eigenvalue weighted by atomic mass is 19.4. The van der Waals surface area contributed by atoms with Crippen molar-refractivity contribution in [3.63, 3.8) is 0 Å². The number of halogens is 3. The number of nitrogens with one attached hydrogen (secondary N) is 1. The fraction of sp³-hybridized carbons (Fsp3) is 0.400. The number of H-pyrrole nitrogens is 1. The van der Waals surface area contributed by atoms with Crippen LogP contribution < -0.4 is 10.3 Å². The van der Waals surface area contributed by atoms with E-state index in [9.17, 15) is 32.9 Å². The van der Waals surface area contributed by atoms with Crippen LogP contribution in [0.15, 0.2) is 10.9 Å². The Morgan fingerprint density at radius 3 is 2.57 bits per heavy atom. The van der Waals surface area contributed by atoms with Crippen molar-refractivity contribution in [2.75, 3.05) is 6.61 Å². The second-order valence-electron chi connectivity index (χ2n) is 3.62. The first-order valence-electron chi connectivity index (χ1n) is 5.46. The van der Waals surface area contributed by atoms with Crippen molar-refractivity contribution in [3.05, 3.63) is 32.1 Å². The monoisotopic (exact) mass is 310 g/mol. The van der Waals surface area contributed by atoms with Crippen molar-refractivity contribution in [2.45, 2.75) is 19.7 Å². The van der Waals surface area contributed by atoms with Gasteiger partial charge < -0.3 is 9.47 Å². The molecule has 0 aliphatic carbocycles. The third kappa shape index (κ3) is 4.78. The Morgan fingerprint density at radius 1 is 1.48 bits per heavy atom. The molecule has 0 radical (unpaired) electrons. The predicted octanol–water partition coefficient (Wildman–Crippen LogP) is 1.29. The number of alkyl halides is 3. The van der Waals surface area contributed by atoms with E-state index in [1.165, 1.54) is 6.92 Å². The number of carbonyl (C=O) groups is 1. The highest BCUT2D eigenvalue weighted by molar-refractivity contribution is 5.74. The molecular weight excluding hydrogens is 301 g/mol. The summed E-state index contributed by atoms with van der Waals surface area (Å²) < 4.78 is 44.2. The van der Waals surface area contributed by atoms with Crippen LogP contribution in [0.4, 0.5) is 18.9 Å². The second-order valence-corrected chi connectivity index (χ2v) is 3.62. The lowest BCUT2D eigenvalue weighted by Gasteiger charge is -2.09. The van der Waals surface area contributed by atoms with E-state index in [1.807, 2.05) is 0 Å². The van der Waals surface area contributed by atoms with E-state index < -0.39 is 46.4 Å². The van der Waals surface area contributed by atoms with Gasteiger partial charge in [0.25, 0.3) is 0 Å². The lowest BCUT2D eigenvalue weighted by atomic mass is 10.1. The molecular formula is C10H9F3N2O6. The lowest BCUT2D eigenvalue weighted by molar-refractivity contribution is -0.387. The normalized spacial score (nSPS) is 11.0. The van der Waals surface area contributed by atoms with Gasteiger partial charge in [-0.1, -0.05) is 0 Å². The zero-order valence-corrected chi connectivity index (χ0v) is 10.5. The minimum atomic E-state index is -5.10. The molecule has 0 saturated carbocycles. The molecule has 0 spiro atoms. The molecule has 0 fully saturated rings. The summed E-state index contributed by atoms with van der Waals surface area (Å²) >= 11 is 0. The summed E-state index contributed by atoms with van der Waals surface area (Å²) in [6, 6.07) is 0.559. The van der Waals surface area contributed by atoms with Crippen molar-refractivity contribution >= 4 is 11.7 Å². The van der Waals surface area contributed by atoms with Crippen molar-refractivity contribution < 1.29 is 32.4 Å². The first kappa shape index (κ1) is 16.5. The number of hydrogen-bond acceptors (Lipinski definition) is 6. The van der Waals surface area contributed by atoms with Crippen molar-refractivity contribution in [1.29, 1.82) is 0 Å². The van der Waals surface area contributed by atoms with Crippen LogP contribution in [-0.4, -0.2) is 28.8 Å². The molecule has 0 amide bonds. The molecule has 1 aromatic heterocycles. The Labute approximate surface area is 114 Å². The highest BCUT2D eigenvalue weighted by Crippen LogP contribution is 2.24. The highest BCUT2D eigenvalue weighted by Gasteiger charge is 2.33.